The molecule has 2 atom stereocenters. The predicted molar refractivity (Wildman–Crippen MR) is 83.6 cm³/mol. The number of quaternary nitrogens is 1. The number of likely N-dealkylation sites (N-methyl/N-ethyl adjacent to an activating group) is 1. The molecule has 0 aromatic heterocycles. The Morgan fingerprint density at radius 2 is 1.71 bits per heavy atom. The molecule has 0 aliphatic heterocycles. The fourth-order valence-electron chi connectivity index (χ4n) is 2.40. The van der Waals surface area contributed by atoms with Crippen molar-refractivity contribution in [3.8, 4) is 0 Å². The minimum Gasteiger partial charge on any atom is -0.370 e. The number of hydrogen-bond acceptors (Lipinski definition) is 2. The summed E-state index contributed by atoms with van der Waals surface area (Å²) in [4.78, 5) is 12.7. The Kier molecular flexibility index (Phi) is 5.51. The molecule has 110 valence electrons. The van der Waals surface area contributed by atoms with E-state index >= 15 is 0 Å². The van der Waals surface area contributed by atoms with Crippen molar-refractivity contribution in [3.05, 3.63) is 70.7 Å². The van der Waals surface area contributed by atoms with Gasteiger partial charge in [-0.25, -0.2) is 0 Å². The first-order valence-corrected chi connectivity index (χ1v) is 7.22. The van der Waals surface area contributed by atoms with Crippen LogP contribution in [0.5, 0.6) is 0 Å². The monoisotopic (exact) mass is 304 g/mol. The quantitative estimate of drug-likeness (QED) is 0.833. The van der Waals surface area contributed by atoms with Gasteiger partial charge in [0.15, 0.2) is 6.04 Å². The summed E-state index contributed by atoms with van der Waals surface area (Å²) in [7, 11) is 3.50. The van der Waals surface area contributed by atoms with E-state index in [9.17, 15) is 4.79 Å². The standard InChI is InChI=1S/C17H18ClNO2/c1-19-15(16(20)12-6-4-3-5-7-12)17(21-2)13-8-10-14(18)11-9-13/h3-11,15,17,19H,1-2H3/p+1/t15-,17+/m1/s1. The summed E-state index contributed by atoms with van der Waals surface area (Å²) in [6, 6.07) is 16.4. The molecule has 0 aliphatic carbocycles. The van der Waals surface area contributed by atoms with Gasteiger partial charge in [0, 0.05) is 17.7 Å². The highest BCUT2D eigenvalue weighted by Gasteiger charge is 2.32. The van der Waals surface area contributed by atoms with Crippen molar-refractivity contribution in [1.82, 2.24) is 0 Å². The highest BCUT2D eigenvalue weighted by atomic mass is 35.5. The normalized spacial score (nSPS) is 13.7. The van der Waals surface area contributed by atoms with Gasteiger partial charge in [0.2, 0.25) is 5.78 Å². The van der Waals surface area contributed by atoms with Crippen LogP contribution in [-0.4, -0.2) is 26.0 Å². The minimum absolute atomic E-state index is 0.0555. The zero-order valence-electron chi connectivity index (χ0n) is 12.1. The van der Waals surface area contributed by atoms with Gasteiger partial charge in [0.05, 0.1) is 7.05 Å². The van der Waals surface area contributed by atoms with Gasteiger partial charge in [-0.15, -0.1) is 0 Å². The SMILES string of the molecule is C[NH2+][C@H](C(=O)c1ccccc1)[C@@H](OC)c1ccc(Cl)cc1. The van der Waals surface area contributed by atoms with E-state index in [-0.39, 0.29) is 17.9 Å². The van der Waals surface area contributed by atoms with E-state index in [1.54, 1.807) is 7.11 Å². The molecular weight excluding hydrogens is 286 g/mol. The zero-order valence-corrected chi connectivity index (χ0v) is 12.9. The van der Waals surface area contributed by atoms with E-state index in [4.69, 9.17) is 16.3 Å². The first-order chi connectivity index (χ1) is 10.2. The summed E-state index contributed by atoms with van der Waals surface area (Å²) >= 11 is 5.92. The van der Waals surface area contributed by atoms with Gasteiger partial charge in [-0.3, -0.25) is 4.79 Å². The fraction of sp³-hybridized carbons (Fsp3) is 0.235. The van der Waals surface area contributed by atoms with Gasteiger partial charge in [-0.05, 0) is 17.7 Å². The second kappa shape index (κ2) is 7.36. The molecule has 0 bridgehead atoms. The number of ketones is 1. The molecule has 0 unspecified atom stereocenters. The van der Waals surface area contributed by atoms with Crippen molar-refractivity contribution >= 4 is 17.4 Å². The van der Waals surface area contributed by atoms with E-state index in [0.717, 1.165) is 5.56 Å². The third-order valence-electron chi connectivity index (χ3n) is 3.50. The van der Waals surface area contributed by atoms with Crippen LogP contribution in [0.25, 0.3) is 0 Å². The Morgan fingerprint density at radius 1 is 1.10 bits per heavy atom. The molecule has 0 heterocycles. The molecule has 21 heavy (non-hydrogen) atoms. The maximum Gasteiger partial charge on any atom is 0.222 e. The van der Waals surface area contributed by atoms with E-state index in [1.807, 2.05) is 67.0 Å². The van der Waals surface area contributed by atoms with Gasteiger partial charge in [-0.2, -0.15) is 0 Å². The topological polar surface area (TPSA) is 42.9 Å². The van der Waals surface area contributed by atoms with E-state index in [2.05, 4.69) is 0 Å². The highest BCUT2D eigenvalue weighted by Crippen LogP contribution is 2.23. The molecule has 4 heteroatoms. The van der Waals surface area contributed by atoms with Crippen LogP contribution in [0.15, 0.2) is 54.6 Å². The Morgan fingerprint density at radius 3 is 2.24 bits per heavy atom. The molecule has 2 rings (SSSR count). The lowest BCUT2D eigenvalue weighted by molar-refractivity contribution is -0.657. The van der Waals surface area contributed by atoms with Crippen LogP contribution in [0.1, 0.15) is 22.0 Å². The average molecular weight is 305 g/mol. The van der Waals surface area contributed by atoms with Gasteiger partial charge >= 0.3 is 0 Å². The molecule has 0 fully saturated rings. The third kappa shape index (κ3) is 3.70. The Labute approximate surface area is 129 Å². The number of carbonyl (C=O) groups is 1. The predicted octanol–water partition coefficient (Wildman–Crippen LogP) is 2.47. The molecule has 0 amide bonds. The number of rotatable bonds is 6. The van der Waals surface area contributed by atoms with E-state index < -0.39 is 0 Å². The van der Waals surface area contributed by atoms with Crippen LogP contribution in [0, 0.1) is 0 Å². The Balaban J connectivity index is 2.29. The summed E-state index contributed by atoms with van der Waals surface area (Å²) in [5, 5.41) is 2.55. The van der Waals surface area contributed by atoms with E-state index in [0.29, 0.717) is 10.6 Å². The van der Waals surface area contributed by atoms with Crippen molar-refractivity contribution in [2.24, 2.45) is 0 Å². The minimum atomic E-state index is -0.335. The molecule has 0 saturated heterocycles. The molecule has 2 aromatic carbocycles. The molecule has 0 spiro atoms. The van der Waals surface area contributed by atoms with Gasteiger partial charge in [-0.1, -0.05) is 54.1 Å². The van der Waals surface area contributed by atoms with Crippen molar-refractivity contribution in [1.29, 1.82) is 0 Å². The Bertz CT molecular complexity index is 583. The van der Waals surface area contributed by atoms with Crippen molar-refractivity contribution in [2.45, 2.75) is 12.1 Å². The van der Waals surface area contributed by atoms with Crippen molar-refractivity contribution in [3.63, 3.8) is 0 Å². The third-order valence-corrected chi connectivity index (χ3v) is 3.75. The number of benzene rings is 2. The van der Waals surface area contributed by atoms with Crippen molar-refractivity contribution < 1.29 is 14.8 Å². The van der Waals surface area contributed by atoms with E-state index in [1.165, 1.54) is 0 Å². The molecule has 0 radical (unpaired) electrons. The van der Waals surface area contributed by atoms with Crippen LogP contribution in [0.3, 0.4) is 0 Å². The summed E-state index contributed by atoms with van der Waals surface area (Å²) < 4.78 is 5.58. The highest BCUT2D eigenvalue weighted by molar-refractivity contribution is 6.30. The van der Waals surface area contributed by atoms with Crippen molar-refractivity contribution in [2.75, 3.05) is 14.2 Å². The molecule has 0 aliphatic rings. The second-order valence-electron chi connectivity index (χ2n) is 4.80. The lowest BCUT2D eigenvalue weighted by atomic mass is 9.95. The first-order valence-electron chi connectivity index (χ1n) is 6.84. The summed E-state index contributed by atoms with van der Waals surface area (Å²) in [6.45, 7) is 0. The smallest absolute Gasteiger partial charge is 0.222 e. The molecule has 0 saturated carbocycles. The zero-order chi connectivity index (χ0) is 15.2. The number of carbonyl (C=O) groups excluding carboxylic acids is 1. The maximum atomic E-state index is 12.7. The lowest BCUT2D eigenvalue weighted by Crippen LogP contribution is -2.89. The second-order valence-corrected chi connectivity index (χ2v) is 5.23. The van der Waals surface area contributed by atoms with Gasteiger partial charge < -0.3 is 10.1 Å². The fourth-order valence-corrected chi connectivity index (χ4v) is 2.53. The largest absolute Gasteiger partial charge is 0.370 e. The van der Waals surface area contributed by atoms with Crippen LogP contribution >= 0.6 is 11.6 Å². The summed E-state index contributed by atoms with van der Waals surface area (Å²) in [5.74, 6) is 0.0555. The maximum absolute atomic E-state index is 12.7. The van der Waals surface area contributed by atoms with Gasteiger partial charge in [0.1, 0.15) is 6.10 Å². The molecule has 2 N–H and O–H groups in total. The number of Topliss-reactive ketones (excluding diaryl/α,β-unsaturated/α-hetero) is 1. The Hall–Kier alpha value is -1.68. The number of halogens is 1. The summed E-state index contributed by atoms with van der Waals surface area (Å²) in [6.07, 6.45) is -0.319. The molecular formula is C17H19ClNO2+. The van der Waals surface area contributed by atoms with Gasteiger partial charge in [0.25, 0.3) is 0 Å². The molecule has 2 aromatic rings. The first kappa shape index (κ1) is 15.7. The summed E-state index contributed by atoms with van der Waals surface area (Å²) in [5.41, 5.74) is 1.63. The van der Waals surface area contributed by atoms with Crippen LogP contribution in [0.4, 0.5) is 0 Å². The van der Waals surface area contributed by atoms with Crippen LogP contribution < -0.4 is 5.32 Å². The average Bonchev–Trinajstić information content (AvgIpc) is 2.54. The molecule has 3 nitrogen and oxygen atoms in total. The lowest BCUT2D eigenvalue weighted by Gasteiger charge is -2.22. The number of ether oxygens (including phenoxy) is 1. The van der Waals surface area contributed by atoms with Crippen LogP contribution in [-0.2, 0) is 4.74 Å². The number of hydrogen-bond donors (Lipinski definition) is 1. The number of nitrogens with two attached hydrogens (primary N) is 1. The van der Waals surface area contributed by atoms with Crippen LogP contribution in [0.2, 0.25) is 5.02 Å². The number of methoxy groups -OCH3 is 1.